The van der Waals surface area contributed by atoms with Gasteiger partial charge in [0.15, 0.2) is 23.3 Å². The first-order valence-corrected chi connectivity index (χ1v) is 11.0. The van der Waals surface area contributed by atoms with E-state index in [4.69, 9.17) is 0 Å². The van der Waals surface area contributed by atoms with Gasteiger partial charge in [0.1, 0.15) is 11.7 Å². The molecule has 8 nitrogen and oxygen atoms in total. The first-order chi connectivity index (χ1) is 16.2. The number of halogens is 3. The van der Waals surface area contributed by atoms with Gasteiger partial charge in [0.25, 0.3) is 0 Å². The third-order valence-electron chi connectivity index (χ3n) is 5.72. The van der Waals surface area contributed by atoms with Crippen molar-refractivity contribution in [1.29, 1.82) is 0 Å². The minimum Gasteiger partial charge on any atom is -0.350 e. The summed E-state index contributed by atoms with van der Waals surface area (Å²) >= 11 is 0. The van der Waals surface area contributed by atoms with E-state index in [0.29, 0.717) is 30.5 Å². The third kappa shape index (κ3) is 4.42. The minimum atomic E-state index is -1.49. The minimum absolute atomic E-state index is 0.0151. The molecule has 0 radical (unpaired) electrons. The summed E-state index contributed by atoms with van der Waals surface area (Å²) in [5.41, 5.74) is 1.73. The standard InChI is InChI=1S/C23H26F3N7O/c1-5-32-19-10-28-23(30-21(19)33(13(2)3)14(4)22(32)34)27-8-16-9-29-31(12-16)11-15-6-17(24)20(26)18(25)7-15/h6-7,9-10,12-14H,5,8,11H2,1-4H3,(H,27,28,30). The summed E-state index contributed by atoms with van der Waals surface area (Å²) in [4.78, 5) is 25.5. The maximum atomic E-state index is 13.5. The Kier molecular flexibility index (Phi) is 6.45. The van der Waals surface area contributed by atoms with E-state index >= 15 is 0 Å². The van der Waals surface area contributed by atoms with Gasteiger partial charge in [0, 0.05) is 30.9 Å². The maximum absolute atomic E-state index is 13.5. The molecule has 0 saturated carbocycles. The first kappa shape index (κ1) is 23.5. The number of likely N-dealkylation sites (N-methyl/N-ethyl adjacent to an activating group) is 1. The Morgan fingerprint density at radius 3 is 2.47 bits per heavy atom. The molecule has 3 aromatic rings. The monoisotopic (exact) mass is 473 g/mol. The van der Waals surface area contributed by atoms with E-state index in [0.717, 1.165) is 17.7 Å². The molecule has 0 aliphatic carbocycles. The second-order valence-electron chi connectivity index (χ2n) is 8.44. The fraction of sp³-hybridized carbons (Fsp3) is 0.391. The van der Waals surface area contributed by atoms with Gasteiger partial charge in [-0.1, -0.05) is 0 Å². The smallest absolute Gasteiger partial charge is 0.249 e. The lowest BCUT2D eigenvalue weighted by atomic mass is 10.1. The predicted molar refractivity (Wildman–Crippen MR) is 122 cm³/mol. The number of rotatable bonds is 7. The van der Waals surface area contributed by atoms with Gasteiger partial charge in [-0.05, 0) is 45.4 Å². The van der Waals surface area contributed by atoms with Gasteiger partial charge in [-0.15, -0.1) is 0 Å². The molecular formula is C23H26F3N7O. The zero-order chi connectivity index (χ0) is 24.6. The van der Waals surface area contributed by atoms with Gasteiger partial charge in [0.05, 0.1) is 18.9 Å². The van der Waals surface area contributed by atoms with Crippen molar-refractivity contribution in [2.45, 2.75) is 52.9 Å². The van der Waals surface area contributed by atoms with Gasteiger partial charge in [-0.2, -0.15) is 10.1 Å². The topological polar surface area (TPSA) is 79.2 Å². The van der Waals surface area contributed by atoms with Crippen LogP contribution in [0.3, 0.4) is 0 Å². The van der Waals surface area contributed by atoms with Crippen LogP contribution in [0.25, 0.3) is 0 Å². The van der Waals surface area contributed by atoms with Crippen molar-refractivity contribution in [2.75, 3.05) is 21.7 Å². The Labute approximate surface area is 195 Å². The Hall–Kier alpha value is -3.63. The van der Waals surface area contributed by atoms with Crippen LogP contribution in [-0.2, 0) is 17.9 Å². The van der Waals surface area contributed by atoms with Crippen molar-refractivity contribution in [2.24, 2.45) is 0 Å². The summed E-state index contributed by atoms with van der Waals surface area (Å²) in [5, 5.41) is 7.35. The highest BCUT2D eigenvalue weighted by Gasteiger charge is 2.37. The van der Waals surface area contributed by atoms with Crippen LogP contribution in [0.15, 0.2) is 30.7 Å². The van der Waals surface area contributed by atoms with E-state index in [1.54, 1.807) is 23.5 Å². The van der Waals surface area contributed by atoms with Gasteiger partial charge < -0.3 is 15.1 Å². The van der Waals surface area contributed by atoms with E-state index in [1.807, 2.05) is 32.6 Å². The van der Waals surface area contributed by atoms with Gasteiger partial charge >= 0.3 is 0 Å². The van der Waals surface area contributed by atoms with Crippen LogP contribution in [0, 0.1) is 17.5 Å². The van der Waals surface area contributed by atoms with Gasteiger partial charge in [0.2, 0.25) is 11.9 Å². The molecule has 1 N–H and O–H groups in total. The highest BCUT2D eigenvalue weighted by molar-refractivity contribution is 6.04. The van der Waals surface area contributed by atoms with E-state index in [1.165, 1.54) is 4.68 Å². The van der Waals surface area contributed by atoms with E-state index in [9.17, 15) is 18.0 Å². The maximum Gasteiger partial charge on any atom is 0.249 e. The molecule has 11 heteroatoms. The Morgan fingerprint density at radius 2 is 1.82 bits per heavy atom. The Morgan fingerprint density at radius 1 is 1.12 bits per heavy atom. The highest BCUT2D eigenvalue weighted by atomic mass is 19.2. The average molecular weight is 474 g/mol. The molecule has 1 aliphatic heterocycles. The molecule has 1 aliphatic rings. The number of fused-ring (bicyclic) bond motifs is 1. The molecule has 1 atom stereocenters. The van der Waals surface area contributed by atoms with Crippen molar-refractivity contribution < 1.29 is 18.0 Å². The molecule has 0 spiro atoms. The van der Waals surface area contributed by atoms with Gasteiger partial charge in [-0.25, -0.2) is 18.2 Å². The Bertz CT molecular complexity index is 1190. The van der Waals surface area contributed by atoms with Crippen molar-refractivity contribution in [3.8, 4) is 0 Å². The number of nitrogens with one attached hydrogen (secondary N) is 1. The van der Waals surface area contributed by atoms with Crippen LogP contribution in [0.1, 0.15) is 38.8 Å². The van der Waals surface area contributed by atoms with Crippen molar-refractivity contribution in [1.82, 2.24) is 19.7 Å². The molecule has 0 bridgehead atoms. The number of anilines is 3. The number of aromatic nitrogens is 4. The number of carbonyl (C=O) groups excluding carboxylic acids is 1. The number of carbonyl (C=O) groups is 1. The van der Waals surface area contributed by atoms with Crippen LogP contribution in [0.5, 0.6) is 0 Å². The van der Waals surface area contributed by atoms with Crippen molar-refractivity contribution in [3.63, 3.8) is 0 Å². The van der Waals surface area contributed by atoms with Crippen molar-refractivity contribution >= 4 is 23.4 Å². The van der Waals surface area contributed by atoms with E-state index < -0.39 is 17.5 Å². The van der Waals surface area contributed by atoms with Crippen LogP contribution >= 0.6 is 0 Å². The third-order valence-corrected chi connectivity index (χ3v) is 5.72. The number of amides is 1. The zero-order valence-electron chi connectivity index (χ0n) is 19.4. The second-order valence-corrected chi connectivity index (χ2v) is 8.44. The van der Waals surface area contributed by atoms with Crippen LogP contribution in [-0.4, -0.2) is 44.3 Å². The molecule has 1 amide bonds. The van der Waals surface area contributed by atoms with Gasteiger partial charge in [-0.3, -0.25) is 9.48 Å². The molecule has 1 aromatic carbocycles. The highest BCUT2D eigenvalue weighted by Crippen LogP contribution is 2.35. The first-order valence-electron chi connectivity index (χ1n) is 11.0. The normalized spacial score (nSPS) is 15.8. The lowest BCUT2D eigenvalue weighted by molar-refractivity contribution is -0.119. The zero-order valence-corrected chi connectivity index (χ0v) is 19.4. The van der Waals surface area contributed by atoms with E-state index in [-0.39, 0.29) is 30.1 Å². The molecular weight excluding hydrogens is 447 g/mol. The van der Waals surface area contributed by atoms with Crippen LogP contribution < -0.4 is 15.1 Å². The summed E-state index contributed by atoms with van der Waals surface area (Å²) in [5.74, 6) is -2.85. The Balaban J connectivity index is 1.49. The van der Waals surface area contributed by atoms with Crippen LogP contribution in [0.2, 0.25) is 0 Å². The largest absolute Gasteiger partial charge is 0.350 e. The average Bonchev–Trinajstić information content (AvgIpc) is 3.24. The molecule has 3 heterocycles. The predicted octanol–water partition coefficient (Wildman–Crippen LogP) is 3.72. The number of hydrogen-bond donors (Lipinski definition) is 1. The number of nitrogens with zero attached hydrogens (tertiary/aromatic N) is 6. The molecule has 0 fully saturated rings. The number of hydrogen-bond acceptors (Lipinski definition) is 6. The SMILES string of the molecule is CCN1C(=O)C(C)N(C(C)C)c2nc(NCc3cnn(Cc4cc(F)c(F)c(F)c4)c3)ncc21. The molecule has 0 saturated heterocycles. The summed E-state index contributed by atoms with van der Waals surface area (Å²) < 4.78 is 41.6. The number of benzene rings is 1. The fourth-order valence-electron chi connectivity index (χ4n) is 4.15. The van der Waals surface area contributed by atoms with Crippen LogP contribution in [0.4, 0.5) is 30.6 Å². The molecule has 34 heavy (non-hydrogen) atoms. The molecule has 1 unspecified atom stereocenters. The fourth-order valence-corrected chi connectivity index (χ4v) is 4.15. The summed E-state index contributed by atoms with van der Waals surface area (Å²) in [6.45, 7) is 8.78. The molecule has 180 valence electrons. The summed E-state index contributed by atoms with van der Waals surface area (Å²) in [7, 11) is 0. The quantitative estimate of drug-likeness (QED) is 0.527. The lowest BCUT2D eigenvalue weighted by Gasteiger charge is -2.42. The van der Waals surface area contributed by atoms with Crippen molar-refractivity contribution in [3.05, 3.63) is 59.3 Å². The van der Waals surface area contributed by atoms with E-state index in [2.05, 4.69) is 20.4 Å². The summed E-state index contributed by atoms with van der Waals surface area (Å²) in [6, 6.07) is 1.63. The summed E-state index contributed by atoms with van der Waals surface area (Å²) in [6.07, 6.45) is 4.97. The lowest BCUT2D eigenvalue weighted by Crippen LogP contribution is -2.54. The molecule has 4 rings (SSSR count). The second kappa shape index (κ2) is 9.32. The molecule has 2 aromatic heterocycles.